The van der Waals surface area contributed by atoms with Gasteiger partial charge >= 0.3 is 0 Å². The summed E-state index contributed by atoms with van der Waals surface area (Å²) < 4.78 is 5.37. The highest BCUT2D eigenvalue weighted by Crippen LogP contribution is 2.26. The minimum atomic E-state index is -0.422. The number of nitrogens with zero attached hydrogens (tertiary/aromatic N) is 1. The molecule has 0 saturated carbocycles. The SMILES string of the molecule is Cc1ccc(C[C@H]2[C@@H](O)CCCN2C(=O)C2CCOCC2)cc1. The van der Waals surface area contributed by atoms with Gasteiger partial charge in [0.15, 0.2) is 0 Å². The van der Waals surface area contributed by atoms with Gasteiger partial charge in [0.2, 0.25) is 5.91 Å². The normalized spacial score (nSPS) is 26.3. The number of likely N-dealkylation sites (tertiary alicyclic amines) is 1. The molecule has 2 atom stereocenters. The number of benzene rings is 1. The van der Waals surface area contributed by atoms with E-state index in [1.54, 1.807) is 0 Å². The molecule has 1 amide bonds. The minimum absolute atomic E-state index is 0.0644. The molecule has 1 aromatic carbocycles. The molecule has 4 nitrogen and oxygen atoms in total. The Labute approximate surface area is 138 Å². The van der Waals surface area contributed by atoms with E-state index >= 15 is 0 Å². The fourth-order valence-electron chi connectivity index (χ4n) is 3.70. The molecule has 2 fully saturated rings. The van der Waals surface area contributed by atoms with Crippen molar-refractivity contribution in [2.45, 2.75) is 51.2 Å². The van der Waals surface area contributed by atoms with Gasteiger partial charge in [0, 0.05) is 25.7 Å². The Morgan fingerprint density at radius 1 is 1.22 bits per heavy atom. The van der Waals surface area contributed by atoms with Crippen LogP contribution in [0.2, 0.25) is 0 Å². The van der Waals surface area contributed by atoms with Gasteiger partial charge in [-0.2, -0.15) is 0 Å². The number of hydrogen-bond acceptors (Lipinski definition) is 3. The zero-order valence-electron chi connectivity index (χ0n) is 13.9. The van der Waals surface area contributed by atoms with Crippen LogP contribution < -0.4 is 0 Å². The number of amides is 1. The van der Waals surface area contributed by atoms with Crippen molar-refractivity contribution in [3.05, 3.63) is 35.4 Å². The van der Waals surface area contributed by atoms with E-state index in [1.807, 2.05) is 4.90 Å². The summed E-state index contributed by atoms with van der Waals surface area (Å²) in [6.45, 7) is 4.19. The van der Waals surface area contributed by atoms with Gasteiger partial charge < -0.3 is 14.7 Å². The lowest BCUT2D eigenvalue weighted by Crippen LogP contribution is -2.54. The van der Waals surface area contributed by atoms with Crippen molar-refractivity contribution >= 4 is 5.91 Å². The van der Waals surface area contributed by atoms with Gasteiger partial charge in [-0.25, -0.2) is 0 Å². The number of carbonyl (C=O) groups excluding carboxylic acids is 1. The smallest absolute Gasteiger partial charge is 0.226 e. The molecule has 2 aliphatic heterocycles. The number of carbonyl (C=O) groups is 1. The molecule has 0 aliphatic carbocycles. The van der Waals surface area contributed by atoms with Crippen LogP contribution >= 0.6 is 0 Å². The predicted octanol–water partition coefficient (Wildman–Crippen LogP) is 2.32. The lowest BCUT2D eigenvalue weighted by Gasteiger charge is -2.41. The van der Waals surface area contributed by atoms with E-state index in [-0.39, 0.29) is 17.9 Å². The zero-order valence-corrected chi connectivity index (χ0v) is 13.9. The fraction of sp³-hybridized carbons (Fsp3) is 0.632. The largest absolute Gasteiger partial charge is 0.391 e. The maximum absolute atomic E-state index is 12.9. The molecule has 0 aromatic heterocycles. The van der Waals surface area contributed by atoms with E-state index in [4.69, 9.17) is 4.74 Å². The van der Waals surface area contributed by atoms with E-state index in [0.717, 1.165) is 38.6 Å². The molecule has 126 valence electrons. The number of aliphatic hydroxyl groups is 1. The van der Waals surface area contributed by atoms with Crippen molar-refractivity contribution in [1.29, 1.82) is 0 Å². The van der Waals surface area contributed by atoms with Crippen molar-refractivity contribution in [3.8, 4) is 0 Å². The summed E-state index contributed by atoms with van der Waals surface area (Å²) in [5.41, 5.74) is 2.42. The van der Waals surface area contributed by atoms with Crippen LogP contribution in [0.5, 0.6) is 0 Å². The Balaban J connectivity index is 1.73. The second-order valence-corrected chi connectivity index (χ2v) is 6.88. The van der Waals surface area contributed by atoms with Gasteiger partial charge in [0.05, 0.1) is 12.1 Å². The summed E-state index contributed by atoms with van der Waals surface area (Å²) in [4.78, 5) is 14.9. The maximum Gasteiger partial charge on any atom is 0.226 e. The van der Waals surface area contributed by atoms with E-state index in [2.05, 4.69) is 31.2 Å². The molecule has 1 aromatic rings. The van der Waals surface area contributed by atoms with Crippen LogP contribution in [0.3, 0.4) is 0 Å². The summed E-state index contributed by atoms with van der Waals surface area (Å²) in [5, 5.41) is 10.5. The number of ether oxygens (including phenoxy) is 1. The third-order valence-electron chi connectivity index (χ3n) is 5.16. The van der Waals surface area contributed by atoms with Crippen molar-refractivity contribution < 1.29 is 14.6 Å². The Morgan fingerprint density at radius 2 is 1.91 bits per heavy atom. The summed E-state index contributed by atoms with van der Waals surface area (Å²) in [6, 6.07) is 8.30. The van der Waals surface area contributed by atoms with Gasteiger partial charge in [0.25, 0.3) is 0 Å². The quantitative estimate of drug-likeness (QED) is 0.931. The van der Waals surface area contributed by atoms with E-state index in [9.17, 15) is 9.90 Å². The van der Waals surface area contributed by atoms with E-state index in [0.29, 0.717) is 13.2 Å². The first-order valence-electron chi connectivity index (χ1n) is 8.77. The van der Waals surface area contributed by atoms with Crippen LogP contribution in [0.4, 0.5) is 0 Å². The number of rotatable bonds is 3. The van der Waals surface area contributed by atoms with Gasteiger partial charge in [-0.1, -0.05) is 29.8 Å². The number of aliphatic hydroxyl groups excluding tert-OH is 1. The average Bonchev–Trinajstić information content (AvgIpc) is 2.59. The number of piperidine rings is 1. The first-order valence-corrected chi connectivity index (χ1v) is 8.77. The summed E-state index contributed by atoms with van der Waals surface area (Å²) >= 11 is 0. The molecule has 3 rings (SSSR count). The molecular weight excluding hydrogens is 290 g/mol. The molecule has 2 heterocycles. The molecule has 2 saturated heterocycles. The van der Waals surface area contributed by atoms with Crippen molar-refractivity contribution in [2.75, 3.05) is 19.8 Å². The Morgan fingerprint density at radius 3 is 2.61 bits per heavy atom. The Bertz CT molecular complexity index is 522. The van der Waals surface area contributed by atoms with Crippen LogP contribution in [0.15, 0.2) is 24.3 Å². The maximum atomic E-state index is 12.9. The topological polar surface area (TPSA) is 49.8 Å². The fourth-order valence-corrected chi connectivity index (χ4v) is 3.70. The predicted molar refractivity (Wildman–Crippen MR) is 89.2 cm³/mol. The lowest BCUT2D eigenvalue weighted by atomic mass is 9.90. The minimum Gasteiger partial charge on any atom is -0.391 e. The van der Waals surface area contributed by atoms with Gasteiger partial charge in [0.1, 0.15) is 0 Å². The lowest BCUT2D eigenvalue weighted by molar-refractivity contribution is -0.146. The van der Waals surface area contributed by atoms with Crippen LogP contribution in [-0.4, -0.2) is 47.8 Å². The number of hydrogen-bond donors (Lipinski definition) is 1. The molecule has 4 heteroatoms. The molecule has 0 radical (unpaired) electrons. The number of aryl methyl sites for hydroxylation is 1. The van der Waals surface area contributed by atoms with Crippen molar-refractivity contribution in [1.82, 2.24) is 4.90 Å². The van der Waals surface area contributed by atoms with Crippen LogP contribution in [0, 0.1) is 12.8 Å². The first-order chi connectivity index (χ1) is 11.1. The van der Waals surface area contributed by atoms with E-state index in [1.165, 1.54) is 11.1 Å². The van der Waals surface area contributed by atoms with E-state index < -0.39 is 6.10 Å². The second-order valence-electron chi connectivity index (χ2n) is 6.88. The first kappa shape index (κ1) is 16.5. The molecule has 1 N–H and O–H groups in total. The van der Waals surface area contributed by atoms with Gasteiger partial charge in [-0.3, -0.25) is 4.79 Å². The molecule has 0 bridgehead atoms. The highest BCUT2D eigenvalue weighted by atomic mass is 16.5. The third-order valence-corrected chi connectivity index (χ3v) is 5.16. The van der Waals surface area contributed by atoms with Crippen LogP contribution in [0.25, 0.3) is 0 Å². The van der Waals surface area contributed by atoms with Crippen LogP contribution in [-0.2, 0) is 16.0 Å². The molecular formula is C19H27NO3. The Kier molecular flexibility index (Phi) is 5.34. The molecule has 0 spiro atoms. The van der Waals surface area contributed by atoms with Crippen molar-refractivity contribution in [3.63, 3.8) is 0 Å². The summed E-state index contributed by atoms with van der Waals surface area (Å²) in [7, 11) is 0. The average molecular weight is 317 g/mol. The molecule has 2 aliphatic rings. The van der Waals surface area contributed by atoms with Crippen molar-refractivity contribution in [2.24, 2.45) is 5.92 Å². The molecule has 23 heavy (non-hydrogen) atoms. The highest BCUT2D eigenvalue weighted by molar-refractivity contribution is 5.79. The summed E-state index contributed by atoms with van der Waals surface area (Å²) in [5.74, 6) is 0.277. The second kappa shape index (κ2) is 7.45. The third kappa shape index (κ3) is 3.93. The summed E-state index contributed by atoms with van der Waals surface area (Å²) in [6.07, 6.45) is 3.60. The molecule has 0 unspecified atom stereocenters. The Hall–Kier alpha value is -1.39. The zero-order chi connectivity index (χ0) is 16.2. The standard InChI is InChI=1S/C19H27NO3/c1-14-4-6-15(7-5-14)13-17-18(21)3-2-10-20(17)19(22)16-8-11-23-12-9-16/h4-7,16-18,21H,2-3,8-13H2,1H3/t17-,18-/m0/s1. The van der Waals surface area contributed by atoms with Gasteiger partial charge in [-0.15, -0.1) is 0 Å². The highest BCUT2D eigenvalue weighted by Gasteiger charge is 2.36. The van der Waals surface area contributed by atoms with Crippen LogP contribution in [0.1, 0.15) is 36.8 Å². The monoisotopic (exact) mass is 317 g/mol. The van der Waals surface area contributed by atoms with Gasteiger partial charge in [-0.05, 0) is 44.6 Å².